The Labute approximate surface area is 156 Å². The molecule has 0 bridgehead atoms. The SMILES string of the molecule is CCCCCCCCCCCCCCCCC(O)C(C)(C)S(=O)(=O)O. The summed E-state index contributed by atoms with van der Waals surface area (Å²) in [7, 11) is -4.22. The van der Waals surface area contributed by atoms with E-state index < -0.39 is 21.0 Å². The van der Waals surface area contributed by atoms with Crippen molar-refractivity contribution in [1.82, 2.24) is 0 Å². The van der Waals surface area contributed by atoms with Crippen molar-refractivity contribution in [2.45, 2.75) is 128 Å². The van der Waals surface area contributed by atoms with Crippen LogP contribution in [0.2, 0.25) is 0 Å². The van der Waals surface area contributed by atoms with Gasteiger partial charge in [0, 0.05) is 0 Å². The quantitative estimate of drug-likeness (QED) is 0.245. The zero-order valence-electron chi connectivity index (χ0n) is 16.8. The minimum absolute atomic E-state index is 0.421. The average molecular weight is 379 g/mol. The van der Waals surface area contributed by atoms with Crippen LogP contribution in [0.1, 0.15) is 117 Å². The van der Waals surface area contributed by atoms with Crippen LogP contribution in [0.15, 0.2) is 0 Å². The molecule has 0 spiro atoms. The van der Waals surface area contributed by atoms with Gasteiger partial charge in [-0.25, -0.2) is 0 Å². The molecule has 152 valence electrons. The van der Waals surface area contributed by atoms with Crippen molar-refractivity contribution in [2.75, 3.05) is 0 Å². The molecule has 0 aromatic rings. The first-order valence-corrected chi connectivity index (χ1v) is 11.8. The fourth-order valence-electron chi connectivity index (χ4n) is 3.05. The number of aliphatic hydroxyl groups excluding tert-OH is 1. The molecule has 1 atom stereocenters. The lowest BCUT2D eigenvalue weighted by molar-refractivity contribution is 0.120. The highest BCUT2D eigenvalue weighted by Crippen LogP contribution is 2.24. The molecule has 5 heteroatoms. The summed E-state index contributed by atoms with van der Waals surface area (Å²) in [6.45, 7) is 5.00. The molecular formula is C20H42O4S. The molecule has 2 N–H and O–H groups in total. The summed E-state index contributed by atoms with van der Waals surface area (Å²) in [4.78, 5) is 0. The molecule has 0 heterocycles. The molecular weight excluding hydrogens is 336 g/mol. The van der Waals surface area contributed by atoms with Gasteiger partial charge in [-0.05, 0) is 20.3 Å². The zero-order chi connectivity index (χ0) is 19.2. The Balaban J connectivity index is 3.42. The van der Waals surface area contributed by atoms with Gasteiger partial charge in [-0.2, -0.15) is 8.42 Å². The fourth-order valence-corrected chi connectivity index (χ4v) is 3.51. The highest BCUT2D eigenvalue weighted by atomic mass is 32.2. The molecule has 0 aliphatic rings. The maximum atomic E-state index is 11.2. The van der Waals surface area contributed by atoms with Gasteiger partial charge in [0.1, 0.15) is 4.75 Å². The van der Waals surface area contributed by atoms with Crippen LogP contribution in [0.3, 0.4) is 0 Å². The van der Waals surface area contributed by atoms with E-state index in [4.69, 9.17) is 4.55 Å². The highest BCUT2D eigenvalue weighted by molar-refractivity contribution is 7.87. The first-order valence-electron chi connectivity index (χ1n) is 10.4. The third-order valence-electron chi connectivity index (χ3n) is 5.30. The number of hydrogen-bond donors (Lipinski definition) is 2. The highest BCUT2D eigenvalue weighted by Gasteiger charge is 2.39. The van der Waals surface area contributed by atoms with E-state index in [0.29, 0.717) is 6.42 Å². The van der Waals surface area contributed by atoms with E-state index in [0.717, 1.165) is 19.3 Å². The summed E-state index contributed by atoms with van der Waals surface area (Å²) in [6, 6.07) is 0. The van der Waals surface area contributed by atoms with E-state index in [-0.39, 0.29) is 0 Å². The molecule has 0 amide bonds. The lowest BCUT2D eigenvalue weighted by Crippen LogP contribution is -2.43. The third-order valence-corrected chi connectivity index (χ3v) is 6.90. The van der Waals surface area contributed by atoms with Crippen molar-refractivity contribution in [3.63, 3.8) is 0 Å². The van der Waals surface area contributed by atoms with E-state index in [1.807, 2.05) is 0 Å². The summed E-state index contributed by atoms with van der Waals surface area (Å²) in [5, 5.41) is 9.96. The first-order chi connectivity index (χ1) is 11.7. The van der Waals surface area contributed by atoms with Gasteiger partial charge < -0.3 is 5.11 Å². The lowest BCUT2D eigenvalue weighted by atomic mass is 9.99. The van der Waals surface area contributed by atoms with Gasteiger partial charge in [0.05, 0.1) is 6.10 Å². The van der Waals surface area contributed by atoms with Gasteiger partial charge >= 0.3 is 0 Å². The average Bonchev–Trinajstić information content (AvgIpc) is 2.53. The van der Waals surface area contributed by atoms with E-state index in [2.05, 4.69) is 6.92 Å². The Morgan fingerprint density at radius 2 is 1.04 bits per heavy atom. The van der Waals surface area contributed by atoms with E-state index in [1.165, 1.54) is 84.5 Å². The van der Waals surface area contributed by atoms with Gasteiger partial charge in [0.2, 0.25) is 0 Å². The summed E-state index contributed by atoms with van der Waals surface area (Å²) in [5.74, 6) is 0. The maximum absolute atomic E-state index is 11.2. The van der Waals surface area contributed by atoms with Crippen LogP contribution < -0.4 is 0 Å². The van der Waals surface area contributed by atoms with Crippen LogP contribution >= 0.6 is 0 Å². The van der Waals surface area contributed by atoms with Gasteiger partial charge in [-0.15, -0.1) is 0 Å². The lowest BCUT2D eigenvalue weighted by Gasteiger charge is -2.27. The van der Waals surface area contributed by atoms with Gasteiger partial charge in [0.15, 0.2) is 0 Å². The normalized spacial score (nSPS) is 14.0. The molecule has 4 nitrogen and oxygen atoms in total. The Hall–Kier alpha value is -0.130. The minimum Gasteiger partial charge on any atom is -0.391 e. The second-order valence-corrected chi connectivity index (χ2v) is 9.98. The van der Waals surface area contributed by atoms with Crippen molar-refractivity contribution in [2.24, 2.45) is 0 Å². The number of hydrogen-bond acceptors (Lipinski definition) is 3. The number of aliphatic hydroxyl groups is 1. The summed E-state index contributed by atoms with van der Waals surface area (Å²) in [5.41, 5.74) is 0. The van der Waals surface area contributed by atoms with Gasteiger partial charge in [-0.3, -0.25) is 4.55 Å². The Morgan fingerprint density at radius 3 is 1.36 bits per heavy atom. The van der Waals surface area contributed by atoms with Crippen LogP contribution in [0.5, 0.6) is 0 Å². The van der Waals surface area contributed by atoms with Crippen LogP contribution in [-0.2, 0) is 10.1 Å². The molecule has 25 heavy (non-hydrogen) atoms. The topological polar surface area (TPSA) is 74.6 Å². The molecule has 0 saturated carbocycles. The molecule has 0 aliphatic carbocycles. The smallest absolute Gasteiger partial charge is 0.272 e. The molecule has 0 rings (SSSR count). The van der Waals surface area contributed by atoms with Crippen molar-refractivity contribution in [3.05, 3.63) is 0 Å². The predicted octanol–water partition coefficient (Wildman–Crippen LogP) is 5.89. The van der Waals surface area contributed by atoms with Crippen molar-refractivity contribution in [1.29, 1.82) is 0 Å². The first kappa shape index (κ1) is 24.9. The molecule has 0 aromatic heterocycles. The van der Waals surface area contributed by atoms with Crippen LogP contribution in [0.4, 0.5) is 0 Å². The number of unbranched alkanes of at least 4 members (excludes halogenated alkanes) is 13. The van der Waals surface area contributed by atoms with Crippen molar-refractivity contribution in [3.8, 4) is 0 Å². The Bertz CT molecular complexity index is 404. The summed E-state index contributed by atoms with van der Waals surface area (Å²) >= 11 is 0. The molecule has 0 saturated heterocycles. The van der Waals surface area contributed by atoms with Gasteiger partial charge in [-0.1, -0.05) is 96.8 Å². The molecule has 0 aliphatic heterocycles. The van der Waals surface area contributed by atoms with E-state index >= 15 is 0 Å². The largest absolute Gasteiger partial charge is 0.391 e. The monoisotopic (exact) mass is 378 g/mol. The fraction of sp³-hybridized carbons (Fsp3) is 1.00. The van der Waals surface area contributed by atoms with E-state index in [9.17, 15) is 13.5 Å². The molecule has 1 unspecified atom stereocenters. The molecule has 0 radical (unpaired) electrons. The second kappa shape index (κ2) is 14.0. The molecule has 0 fully saturated rings. The second-order valence-electron chi connectivity index (χ2n) is 7.98. The van der Waals surface area contributed by atoms with E-state index in [1.54, 1.807) is 0 Å². The summed E-state index contributed by atoms with van der Waals surface area (Å²) < 4.78 is 30.1. The number of rotatable bonds is 17. The predicted molar refractivity (Wildman–Crippen MR) is 107 cm³/mol. The minimum atomic E-state index is -4.22. The maximum Gasteiger partial charge on any atom is 0.272 e. The van der Waals surface area contributed by atoms with Crippen LogP contribution in [0, 0.1) is 0 Å². The van der Waals surface area contributed by atoms with Gasteiger partial charge in [0.25, 0.3) is 10.1 Å². The molecule has 0 aromatic carbocycles. The van der Waals surface area contributed by atoms with Crippen molar-refractivity contribution < 1.29 is 18.1 Å². The van der Waals surface area contributed by atoms with Crippen molar-refractivity contribution >= 4 is 10.1 Å². The Kier molecular flexibility index (Phi) is 13.9. The standard InChI is InChI=1S/C20H42O4S/c1-4-5-6-7-8-9-10-11-12-13-14-15-16-17-18-19(21)20(2,3)25(22,23)24/h19,21H,4-18H2,1-3H3,(H,22,23,24). The zero-order valence-corrected chi connectivity index (χ0v) is 17.6. The van der Waals surface area contributed by atoms with Crippen LogP contribution in [-0.4, -0.2) is 28.9 Å². The third kappa shape index (κ3) is 12.0. The summed E-state index contributed by atoms with van der Waals surface area (Å²) in [6.07, 6.45) is 17.1. The Morgan fingerprint density at radius 1 is 0.720 bits per heavy atom. The van der Waals surface area contributed by atoms with Crippen LogP contribution in [0.25, 0.3) is 0 Å².